The lowest BCUT2D eigenvalue weighted by atomic mass is 10.5. The first kappa shape index (κ1) is 6.66. The number of hydrogen-bond acceptors (Lipinski definition) is 4. The van der Waals surface area contributed by atoms with Gasteiger partial charge in [0, 0.05) is 6.42 Å². The molecule has 54 valence electrons. The molecule has 0 aliphatic rings. The molecule has 0 fully saturated rings. The summed E-state index contributed by atoms with van der Waals surface area (Å²) in [4.78, 5) is 10.6. The predicted octanol–water partition coefficient (Wildman–Crippen LogP) is -0.452. The molecule has 0 aromatic carbocycles. The largest absolute Gasteiger partial charge is 0.292 e. The van der Waals surface area contributed by atoms with Gasteiger partial charge in [0.2, 0.25) is 5.91 Å². The summed E-state index contributed by atoms with van der Waals surface area (Å²) in [5.41, 5.74) is 0. The Morgan fingerprint density at radius 3 is 3.10 bits per heavy atom. The van der Waals surface area contributed by atoms with Crippen molar-refractivity contribution in [3.63, 3.8) is 0 Å². The van der Waals surface area contributed by atoms with Crippen molar-refractivity contribution in [1.29, 1.82) is 0 Å². The smallest absolute Gasteiger partial charge is 0.269 e. The third-order valence-electron chi connectivity index (χ3n) is 0.918. The quantitative estimate of drug-likeness (QED) is 0.584. The van der Waals surface area contributed by atoms with Gasteiger partial charge in [-0.2, -0.15) is 5.21 Å². The average Bonchev–Trinajstić information content (AvgIpc) is 2.40. The first-order valence-corrected chi connectivity index (χ1v) is 2.86. The van der Waals surface area contributed by atoms with Gasteiger partial charge in [-0.05, 0) is 5.21 Å². The average molecular weight is 141 g/mol. The summed E-state index contributed by atoms with van der Waals surface area (Å²) in [5.74, 6) is 0.0910. The van der Waals surface area contributed by atoms with E-state index in [4.69, 9.17) is 0 Å². The van der Waals surface area contributed by atoms with E-state index in [0.717, 1.165) is 0 Å². The molecular weight excluding hydrogens is 134 g/mol. The normalized spacial score (nSPS) is 9.30. The topological polar surface area (TPSA) is 83.6 Å². The lowest BCUT2D eigenvalue weighted by molar-refractivity contribution is -0.115. The van der Waals surface area contributed by atoms with Crippen LogP contribution in [0.25, 0.3) is 0 Å². The third kappa shape index (κ3) is 1.51. The van der Waals surface area contributed by atoms with Gasteiger partial charge in [-0.3, -0.25) is 10.1 Å². The van der Waals surface area contributed by atoms with Crippen LogP contribution in [0.3, 0.4) is 0 Å². The zero-order valence-corrected chi connectivity index (χ0v) is 5.46. The Labute approximate surface area is 57.0 Å². The fourth-order valence-corrected chi connectivity index (χ4v) is 0.428. The summed E-state index contributed by atoms with van der Waals surface area (Å²) < 4.78 is 0. The maximum Gasteiger partial charge on any atom is 0.269 e. The number of nitrogens with zero attached hydrogens (tertiary/aromatic N) is 3. The van der Waals surface area contributed by atoms with E-state index in [1.807, 2.05) is 0 Å². The molecule has 0 bridgehead atoms. The number of amides is 1. The molecule has 6 nitrogen and oxygen atoms in total. The van der Waals surface area contributed by atoms with Crippen LogP contribution in [-0.2, 0) is 4.79 Å². The first-order valence-electron chi connectivity index (χ1n) is 2.86. The summed E-state index contributed by atoms with van der Waals surface area (Å²) >= 11 is 0. The maximum absolute atomic E-state index is 10.6. The van der Waals surface area contributed by atoms with Crippen LogP contribution in [0.4, 0.5) is 5.95 Å². The highest BCUT2D eigenvalue weighted by Gasteiger charge is 2.00. The number of H-pyrrole nitrogens is 1. The van der Waals surface area contributed by atoms with E-state index in [1.165, 1.54) is 0 Å². The number of carbonyl (C=O) groups is 1. The molecule has 0 saturated carbocycles. The minimum absolute atomic E-state index is 0.124. The van der Waals surface area contributed by atoms with Crippen LogP contribution in [0.15, 0.2) is 0 Å². The summed E-state index contributed by atoms with van der Waals surface area (Å²) in [5, 5.41) is 14.9. The van der Waals surface area contributed by atoms with E-state index in [0.29, 0.717) is 6.42 Å². The number of nitrogens with one attached hydrogen (secondary N) is 2. The monoisotopic (exact) mass is 141 g/mol. The van der Waals surface area contributed by atoms with Gasteiger partial charge >= 0.3 is 0 Å². The minimum atomic E-state index is -0.124. The van der Waals surface area contributed by atoms with Crippen LogP contribution in [0.5, 0.6) is 0 Å². The molecule has 0 radical (unpaired) electrons. The van der Waals surface area contributed by atoms with Gasteiger partial charge in [0.25, 0.3) is 5.95 Å². The lowest BCUT2D eigenvalue weighted by Gasteiger charge is -1.92. The highest BCUT2D eigenvalue weighted by molar-refractivity contribution is 5.88. The van der Waals surface area contributed by atoms with Gasteiger partial charge < -0.3 is 0 Å². The Morgan fingerprint density at radius 1 is 1.80 bits per heavy atom. The minimum Gasteiger partial charge on any atom is -0.292 e. The van der Waals surface area contributed by atoms with Crippen LogP contribution in [0.1, 0.15) is 13.3 Å². The van der Waals surface area contributed by atoms with Crippen molar-refractivity contribution in [2.24, 2.45) is 0 Å². The van der Waals surface area contributed by atoms with Crippen LogP contribution >= 0.6 is 0 Å². The molecule has 2 N–H and O–H groups in total. The summed E-state index contributed by atoms with van der Waals surface area (Å²) in [6.07, 6.45) is 0.411. The summed E-state index contributed by atoms with van der Waals surface area (Å²) in [6, 6.07) is 0. The molecule has 10 heavy (non-hydrogen) atoms. The molecule has 6 heteroatoms. The summed E-state index contributed by atoms with van der Waals surface area (Å²) in [6.45, 7) is 1.75. The van der Waals surface area contributed by atoms with Crippen LogP contribution in [-0.4, -0.2) is 26.5 Å². The van der Waals surface area contributed by atoms with Gasteiger partial charge in [0.15, 0.2) is 0 Å². The number of tetrazole rings is 1. The fourth-order valence-electron chi connectivity index (χ4n) is 0.428. The molecule has 1 heterocycles. The molecule has 1 aromatic heterocycles. The second-order valence-corrected chi connectivity index (χ2v) is 1.64. The zero-order valence-electron chi connectivity index (χ0n) is 5.46. The van der Waals surface area contributed by atoms with Crippen LogP contribution in [0.2, 0.25) is 0 Å². The Balaban J connectivity index is 2.48. The molecule has 0 atom stereocenters. The summed E-state index contributed by atoms with van der Waals surface area (Å²) in [7, 11) is 0. The van der Waals surface area contributed by atoms with Gasteiger partial charge in [-0.25, -0.2) is 0 Å². The Morgan fingerprint density at radius 2 is 2.60 bits per heavy atom. The van der Waals surface area contributed by atoms with Crippen molar-refractivity contribution in [3.05, 3.63) is 0 Å². The van der Waals surface area contributed by atoms with E-state index in [1.54, 1.807) is 6.92 Å². The molecule has 0 aliphatic carbocycles. The Kier molecular flexibility index (Phi) is 1.93. The number of aromatic amines is 1. The molecule has 0 unspecified atom stereocenters. The van der Waals surface area contributed by atoms with Gasteiger partial charge in [-0.15, -0.1) is 5.10 Å². The zero-order chi connectivity index (χ0) is 7.40. The lowest BCUT2D eigenvalue weighted by Crippen LogP contribution is -2.10. The van der Waals surface area contributed by atoms with E-state index >= 15 is 0 Å². The molecule has 0 aliphatic heterocycles. The number of aromatic nitrogens is 4. The Bertz CT molecular complexity index is 205. The molecule has 0 spiro atoms. The third-order valence-corrected chi connectivity index (χ3v) is 0.918. The molecular formula is C4H7N5O. The second kappa shape index (κ2) is 2.90. The van der Waals surface area contributed by atoms with Gasteiger partial charge in [0.1, 0.15) is 0 Å². The highest BCUT2D eigenvalue weighted by atomic mass is 16.1. The molecule has 1 rings (SSSR count). The maximum atomic E-state index is 10.6. The van der Waals surface area contributed by atoms with Crippen molar-refractivity contribution in [2.75, 3.05) is 5.32 Å². The predicted molar refractivity (Wildman–Crippen MR) is 33.1 cm³/mol. The number of carbonyl (C=O) groups excluding carboxylic acids is 1. The van der Waals surface area contributed by atoms with Crippen molar-refractivity contribution >= 4 is 11.9 Å². The van der Waals surface area contributed by atoms with Crippen molar-refractivity contribution in [1.82, 2.24) is 20.6 Å². The second-order valence-electron chi connectivity index (χ2n) is 1.64. The first-order chi connectivity index (χ1) is 4.83. The SMILES string of the molecule is CCC(=O)Nc1nn[nH]n1. The van der Waals surface area contributed by atoms with Gasteiger partial charge in [-0.1, -0.05) is 12.0 Å². The molecule has 0 saturated heterocycles. The highest BCUT2D eigenvalue weighted by Crippen LogP contribution is 1.90. The fraction of sp³-hybridized carbons (Fsp3) is 0.500. The van der Waals surface area contributed by atoms with E-state index in [-0.39, 0.29) is 11.9 Å². The Hall–Kier alpha value is -1.46. The molecule has 1 amide bonds. The number of hydrogen-bond donors (Lipinski definition) is 2. The van der Waals surface area contributed by atoms with Crippen molar-refractivity contribution in [2.45, 2.75) is 13.3 Å². The van der Waals surface area contributed by atoms with E-state index in [9.17, 15) is 4.79 Å². The van der Waals surface area contributed by atoms with E-state index < -0.39 is 0 Å². The van der Waals surface area contributed by atoms with Crippen LogP contribution < -0.4 is 5.32 Å². The van der Waals surface area contributed by atoms with Gasteiger partial charge in [0.05, 0.1) is 0 Å². The molecule has 1 aromatic rings. The standard InChI is InChI=1S/C4H7N5O/c1-2-3(10)5-4-6-8-9-7-4/h2H2,1H3,(H2,5,6,7,8,9,10). The van der Waals surface area contributed by atoms with E-state index in [2.05, 4.69) is 25.9 Å². The number of anilines is 1. The van der Waals surface area contributed by atoms with Crippen molar-refractivity contribution in [3.8, 4) is 0 Å². The number of rotatable bonds is 2. The van der Waals surface area contributed by atoms with Crippen molar-refractivity contribution < 1.29 is 4.79 Å². The van der Waals surface area contributed by atoms with Crippen LogP contribution in [0, 0.1) is 0 Å².